The van der Waals surface area contributed by atoms with Crippen molar-refractivity contribution < 1.29 is 14.3 Å². The Morgan fingerprint density at radius 1 is 1.25 bits per heavy atom. The number of piperazine rings is 1. The second-order valence-corrected chi connectivity index (χ2v) is 4.61. The Kier molecular flexibility index (Phi) is 5.20. The minimum Gasteiger partial charge on any atom is -0.494 e. The van der Waals surface area contributed by atoms with Gasteiger partial charge in [-0.2, -0.15) is 0 Å². The van der Waals surface area contributed by atoms with E-state index in [9.17, 15) is 4.79 Å². The SMILES string of the molecule is COc1cccc(OC)c1NC(=O)CN1CCNCC1. The third-order valence-electron chi connectivity index (χ3n) is 3.27. The van der Waals surface area contributed by atoms with Crippen LogP contribution in [0.2, 0.25) is 0 Å². The summed E-state index contributed by atoms with van der Waals surface area (Å²) >= 11 is 0. The average Bonchev–Trinajstić information content (AvgIpc) is 2.48. The number of rotatable bonds is 5. The van der Waals surface area contributed by atoms with E-state index in [1.165, 1.54) is 0 Å². The standard InChI is InChI=1S/C14H21N3O3/c1-19-11-4-3-5-12(20-2)14(11)16-13(18)10-17-8-6-15-7-9-17/h3-5,15H,6-10H2,1-2H3,(H,16,18). The van der Waals surface area contributed by atoms with Crippen LogP contribution in [-0.4, -0.2) is 57.8 Å². The molecule has 1 fully saturated rings. The first kappa shape index (κ1) is 14.6. The zero-order valence-corrected chi connectivity index (χ0v) is 11.9. The maximum absolute atomic E-state index is 12.1. The van der Waals surface area contributed by atoms with E-state index >= 15 is 0 Å². The minimum absolute atomic E-state index is 0.0605. The van der Waals surface area contributed by atoms with Crippen molar-refractivity contribution in [3.8, 4) is 11.5 Å². The number of nitrogens with zero attached hydrogens (tertiary/aromatic N) is 1. The number of carbonyl (C=O) groups is 1. The molecule has 0 aromatic heterocycles. The van der Waals surface area contributed by atoms with E-state index in [0.717, 1.165) is 26.2 Å². The number of nitrogens with one attached hydrogen (secondary N) is 2. The molecule has 2 rings (SSSR count). The van der Waals surface area contributed by atoms with Crippen LogP contribution in [0.4, 0.5) is 5.69 Å². The van der Waals surface area contributed by atoms with Crippen molar-refractivity contribution in [2.45, 2.75) is 0 Å². The lowest BCUT2D eigenvalue weighted by Gasteiger charge is -2.26. The van der Waals surface area contributed by atoms with Crippen molar-refractivity contribution in [1.29, 1.82) is 0 Å². The lowest BCUT2D eigenvalue weighted by Crippen LogP contribution is -2.46. The van der Waals surface area contributed by atoms with E-state index in [1.54, 1.807) is 26.4 Å². The minimum atomic E-state index is -0.0605. The molecule has 1 aliphatic rings. The highest BCUT2D eigenvalue weighted by atomic mass is 16.5. The molecule has 6 nitrogen and oxygen atoms in total. The normalized spacial score (nSPS) is 15.7. The molecule has 20 heavy (non-hydrogen) atoms. The number of hydrogen-bond donors (Lipinski definition) is 2. The Morgan fingerprint density at radius 2 is 1.85 bits per heavy atom. The Morgan fingerprint density at radius 3 is 2.40 bits per heavy atom. The molecular formula is C14H21N3O3. The fraction of sp³-hybridized carbons (Fsp3) is 0.500. The molecule has 1 amide bonds. The van der Waals surface area contributed by atoms with Gasteiger partial charge in [0.05, 0.1) is 20.8 Å². The third kappa shape index (κ3) is 3.61. The predicted octanol–water partition coefficient (Wildman–Crippen LogP) is 0.547. The number of carbonyl (C=O) groups excluding carboxylic acids is 1. The first-order valence-electron chi connectivity index (χ1n) is 6.68. The van der Waals surface area contributed by atoms with Gasteiger partial charge in [-0.25, -0.2) is 0 Å². The highest BCUT2D eigenvalue weighted by Gasteiger charge is 2.17. The maximum Gasteiger partial charge on any atom is 0.238 e. The van der Waals surface area contributed by atoms with Gasteiger partial charge in [-0.1, -0.05) is 6.07 Å². The summed E-state index contributed by atoms with van der Waals surface area (Å²) in [4.78, 5) is 14.3. The molecule has 1 saturated heterocycles. The molecule has 1 aliphatic heterocycles. The van der Waals surface area contributed by atoms with Gasteiger partial charge in [-0.05, 0) is 12.1 Å². The van der Waals surface area contributed by atoms with Gasteiger partial charge in [0.1, 0.15) is 17.2 Å². The largest absolute Gasteiger partial charge is 0.494 e. The molecule has 0 spiro atoms. The van der Waals surface area contributed by atoms with Gasteiger partial charge in [0.2, 0.25) is 5.91 Å². The second kappa shape index (κ2) is 7.12. The summed E-state index contributed by atoms with van der Waals surface area (Å²) in [5, 5.41) is 6.14. The summed E-state index contributed by atoms with van der Waals surface area (Å²) in [6.45, 7) is 3.99. The van der Waals surface area contributed by atoms with Crippen LogP contribution in [0.1, 0.15) is 0 Å². The summed E-state index contributed by atoms with van der Waals surface area (Å²) in [7, 11) is 3.14. The molecule has 0 atom stereocenters. The van der Waals surface area contributed by atoms with E-state index in [0.29, 0.717) is 23.7 Å². The molecule has 1 aromatic carbocycles. The summed E-state index contributed by atoms with van der Waals surface area (Å²) in [6.07, 6.45) is 0. The molecule has 0 bridgehead atoms. The summed E-state index contributed by atoms with van der Waals surface area (Å²) < 4.78 is 10.5. The van der Waals surface area contributed by atoms with Gasteiger partial charge in [-0.3, -0.25) is 9.69 Å². The van der Waals surface area contributed by atoms with Crippen LogP contribution in [0, 0.1) is 0 Å². The quantitative estimate of drug-likeness (QED) is 0.824. The zero-order chi connectivity index (χ0) is 14.4. The first-order chi connectivity index (χ1) is 9.74. The van der Waals surface area contributed by atoms with Crippen molar-refractivity contribution >= 4 is 11.6 Å². The smallest absolute Gasteiger partial charge is 0.238 e. The molecule has 0 unspecified atom stereocenters. The van der Waals surface area contributed by atoms with E-state index < -0.39 is 0 Å². The molecule has 0 aliphatic carbocycles. The Labute approximate surface area is 119 Å². The van der Waals surface area contributed by atoms with E-state index in [-0.39, 0.29) is 5.91 Å². The van der Waals surface area contributed by atoms with Crippen LogP contribution in [0.15, 0.2) is 18.2 Å². The molecule has 110 valence electrons. The molecule has 0 saturated carbocycles. The zero-order valence-electron chi connectivity index (χ0n) is 11.9. The van der Waals surface area contributed by atoms with Crippen molar-refractivity contribution in [1.82, 2.24) is 10.2 Å². The van der Waals surface area contributed by atoms with Crippen LogP contribution in [0.5, 0.6) is 11.5 Å². The fourth-order valence-electron chi connectivity index (χ4n) is 2.23. The first-order valence-corrected chi connectivity index (χ1v) is 6.68. The third-order valence-corrected chi connectivity index (χ3v) is 3.27. The number of para-hydroxylation sites is 1. The Hall–Kier alpha value is -1.79. The monoisotopic (exact) mass is 279 g/mol. The Balaban J connectivity index is 2.02. The molecule has 2 N–H and O–H groups in total. The van der Waals surface area contributed by atoms with Gasteiger partial charge < -0.3 is 20.1 Å². The number of hydrogen-bond acceptors (Lipinski definition) is 5. The van der Waals surface area contributed by atoms with Crippen LogP contribution in [0.3, 0.4) is 0 Å². The molecule has 0 radical (unpaired) electrons. The average molecular weight is 279 g/mol. The van der Waals surface area contributed by atoms with Gasteiger partial charge in [0, 0.05) is 26.2 Å². The summed E-state index contributed by atoms with van der Waals surface area (Å²) in [5.74, 6) is 1.13. The number of amides is 1. The van der Waals surface area contributed by atoms with Gasteiger partial charge in [-0.15, -0.1) is 0 Å². The van der Waals surface area contributed by atoms with Gasteiger partial charge in [0.25, 0.3) is 0 Å². The molecule has 6 heteroatoms. The van der Waals surface area contributed by atoms with E-state index in [4.69, 9.17) is 9.47 Å². The topological polar surface area (TPSA) is 62.8 Å². The lowest BCUT2D eigenvalue weighted by molar-refractivity contribution is -0.117. The highest BCUT2D eigenvalue weighted by Crippen LogP contribution is 2.33. The van der Waals surface area contributed by atoms with Crippen molar-refractivity contribution in [3.63, 3.8) is 0 Å². The molecule has 1 aromatic rings. The second-order valence-electron chi connectivity index (χ2n) is 4.61. The summed E-state index contributed by atoms with van der Waals surface area (Å²) in [6, 6.07) is 5.41. The van der Waals surface area contributed by atoms with Gasteiger partial charge in [0.15, 0.2) is 0 Å². The highest BCUT2D eigenvalue weighted by molar-refractivity contribution is 5.95. The van der Waals surface area contributed by atoms with Crippen molar-refractivity contribution in [3.05, 3.63) is 18.2 Å². The van der Waals surface area contributed by atoms with E-state index in [2.05, 4.69) is 15.5 Å². The van der Waals surface area contributed by atoms with Crippen LogP contribution in [0.25, 0.3) is 0 Å². The van der Waals surface area contributed by atoms with Gasteiger partial charge >= 0.3 is 0 Å². The molecule has 1 heterocycles. The van der Waals surface area contributed by atoms with Crippen molar-refractivity contribution in [2.75, 3.05) is 52.3 Å². The number of benzene rings is 1. The van der Waals surface area contributed by atoms with Crippen LogP contribution >= 0.6 is 0 Å². The molecular weight excluding hydrogens is 258 g/mol. The Bertz CT molecular complexity index is 437. The predicted molar refractivity (Wildman–Crippen MR) is 77.5 cm³/mol. The number of anilines is 1. The number of methoxy groups -OCH3 is 2. The van der Waals surface area contributed by atoms with Crippen molar-refractivity contribution in [2.24, 2.45) is 0 Å². The van der Waals surface area contributed by atoms with Crippen LogP contribution in [-0.2, 0) is 4.79 Å². The lowest BCUT2D eigenvalue weighted by atomic mass is 10.2. The summed E-state index contributed by atoms with van der Waals surface area (Å²) in [5.41, 5.74) is 0.581. The number of ether oxygens (including phenoxy) is 2. The van der Waals surface area contributed by atoms with E-state index in [1.807, 2.05) is 6.07 Å². The fourth-order valence-corrected chi connectivity index (χ4v) is 2.23. The maximum atomic E-state index is 12.1. The van der Waals surface area contributed by atoms with Crippen LogP contribution < -0.4 is 20.1 Å².